The van der Waals surface area contributed by atoms with E-state index in [1.165, 1.54) is 24.0 Å². The Labute approximate surface area is 105 Å². The molecule has 17 heavy (non-hydrogen) atoms. The summed E-state index contributed by atoms with van der Waals surface area (Å²) in [6, 6.07) is 1.64. The molecule has 0 aliphatic heterocycles. The Bertz CT molecular complexity index is 370. The number of aromatic nitrogens is 2. The van der Waals surface area contributed by atoms with Crippen LogP contribution in [0.3, 0.4) is 0 Å². The lowest BCUT2D eigenvalue weighted by molar-refractivity contribution is 0.270. The first kappa shape index (κ1) is 14.2. The standard InChI is InChI=1S/C11H19N3O2S/c1-2-5-12-9(4-7-15)8-17-11-13-6-3-10(16)14-11/h3,6,9,12,15H,2,4-5,7-8H2,1H3,(H,13,14,16). The van der Waals surface area contributed by atoms with Crippen LogP contribution in [0.2, 0.25) is 0 Å². The Hall–Kier alpha value is -0.850. The fourth-order valence-corrected chi connectivity index (χ4v) is 2.31. The highest BCUT2D eigenvalue weighted by atomic mass is 32.2. The van der Waals surface area contributed by atoms with E-state index >= 15 is 0 Å². The maximum Gasteiger partial charge on any atom is 0.251 e. The van der Waals surface area contributed by atoms with E-state index in [2.05, 4.69) is 22.2 Å². The molecule has 96 valence electrons. The molecule has 1 heterocycles. The third-order valence-electron chi connectivity index (χ3n) is 2.23. The molecule has 1 aromatic heterocycles. The molecule has 0 bridgehead atoms. The molecule has 0 amide bonds. The van der Waals surface area contributed by atoms with Gasteiger partial charge in [-0.05, 0) is 19.4 Å². The van der Waals surface area contributed by atoms with Gasteiger partial charge in [-0.1, -0.05) is 18.7 Å². The molecule has 1 unspecified atom stereocenters. The van der Waals surface area contributed by atoms with Gasteiger partial charge in [0.15, 0.2) is 5.16 Å². The number of nitrogens with one attached hydrogen (secondary N) is 2. The van der Waals surface area contributed by atoms with Crippen LogP contribution in [0.1, 0.15) is 19.8 Å². The third kappa shape index (κ3) is 5.86. The Morgan fingerprint density at radius 3 is 3.12 bits per heavy atom. The average molecular weight is 257 g/mol. The number of hydrogen-bond acceptors (Lipinski definition) is 5. The van der Waals surface area contributed by atoms with Crippen LogP contribution in [-0.4, -0.2) is 40.0 Å². The molecule has 0 spiro atoms. The number of aliphatic hydroxyl groups excluding tert-OH is 1. The summed E-state index contributed by atoms with van der Waals surface area (Å²) in [6.07, 6.45) is 3.28. The molecule has 0 aliphatic rings. The molecule has 6 heteroatoms. The summed E-state index contributed by atoms with van der Waals surface area (Å²) in [7, 11) is 0. The van der Waals surface area contributed by atoms with Crippen LogP contribution in [-0.2, 0) is 0 Å². The largest absolute Gasteiger partial charge is 0.396 e. The van der Waals surface area contributed by atoms with E-state index in [0.717, 1.165) is 18.7 Å². The normalized spacial score (nSPS) is 12.6. The molecule has 0 aliphatic carbocycles. The maximum atomic E-state index is 11.1. The van der Waals surface area contributed by atoms with Gasteiger partial charge in [-0.2, -0.15) is 0 Å². The number of thioether (sulfide) groups is 1. The van der Waals surface area contributed by atoms with Gasteiger partial charge in [0.1, 0.15) is 0 Å². The third-order valence-corrected chi connectivity index (χ3v) is 3.28. The Kier molecular flexibility index (Phi) is 6.91. The molecule has 3 N–H and O–H groups in total. The lowest BCUT2D eigenvalue weighted by Crippen LogP contribution is -2.33. The molecule has 1 aromatic rings. The molecule has 1 atom stereocenters. The van der Waals surface area contributed by atoms with Crippen molar-refractivity contribution in [2.24, 2.45) is 0 Å². The highest BCUT2D eigenvalue weighted by Crippen LogP contribution is 2.12. The summed E-state index contributed by atoms with van der Waals surface area (Å²) in [5.74, 6) is 0.785. The van der Waals surface area contributed by atoms with E-state index in [0.29, 0.717) is 11.6 Å². The molecule has 0 radical (unpaired) electrons. The number of aromatic amines is 1. The number of rotatable bonds is 8. The van der Waals surface area contributed by atoms with Crippen LogP contribution in [0.4, 0.5) is 0 Å². The van der Waals surface area contributed by atoms with Crippen molar-refractivity contribution in [3.8, 4) is 0 Å². The molecule has 1 rings (SSSR count). The van der Waals surface area contributed by atoms with Crippen molar-refractivity contribution in [2.75, 3.05) is 18.9 Å². The van der Waals surface area contributed by atoms with Gasteiger partial charge in [0, 0.05) is 30.7 Å². The van der Waals surface area contributed by atoms with Gasteiger partial charge in [0.2, 0.25) is 0 Å². The SMILES string of the molecule is CCCNC(CCO)CSc1nccc(=O)[nH]1. The van der Waals surface area contributed by atoms with Crippen LogP contribution < -0.4 is 10.9 Å². The summed E-state index contributed by atoms with van der Waals surface area (Å²) in [6.45, 7) is 3.21. The molecular weight excluding hydrogens is 238 g/mol. The van der Waals surface area contributed by atoms with Gasteiger partial charge in [-0.25, -0.2) is 4.98 Å². The summed E-state index contributed by atoms with van der Waals surface area (Å²) in [5, 5.41) is 12.9. The minimum absolute atomic E-state index is 0.136. The fourth-order valence-electron chi connectivity index (χ4n) is 1.35. The summed E-state index contributed by atoms with van der Waals surface area (Å²) in [5.41, 5.74) is -0.136. The number of H-pyrrole nitrogens is 1. The highest BCUT2D eigenvalue weighted by molar-refractivity contribution is 7.99. The monoisotopic (exact) mass is 257 g/mol. The van der Waals surface area contributed by atoms with Crippen LogP contribution in [0.25, 0.3) is 0 Å². The Morgan fingerprint density at radius 1 is 1.65 bits per heavy atom. The van der Waals surface area contributed by atoms with Crippen LogP contribution in [0, 0.1) is 0 Å². The zero-order valence-electron chi connectivity index (χ0n) is 9.98. The topological polar surface area (TPSA) is 78.0 Å². The maximum absolute atomic E-state index is 11.1. The van der Waals surface area contributed by atoms with Gasteiger partial charge >= 0.3 is 0 Å². The molecule has 5 nitrogen and oxygen atoms in total. The van der Waals surface area contributed by atoms with E-state index in [1.54, 1.807) is 0 Å². The Balaban J connectivity index is 2.42. The molecule has 0 saturated carbocycles. The van der Waals surface area contributed by atoms with E-state index in [9.17, 15) is 4.79 Å². The number of hydrogen-bond donors (Lipinski definition) is 3. The zero-order chi connectivity index (χ0) is 12.5. The first-order chi connectivity index (χ1) is 8.26. The predicted octanol–water partition coefficient (Wildman–Crippen LogP) is 0.613. The van der Waals surface area contributed by atoms with E-state index in [1.807, 2.05) is 0 Å². The van der Waals surface area contributed by atoms with Gasteiger partial charge in [0.25, 0.3) is 5.56 Å². The van der Waals surface area contributed by atoms with Gasteiger partial charge < -0.3 is 15.4 Å². The van der Waals surface area contributed by atoms with Gasteiger partial charge in [-0.15, -0.1) is 0 Å². The van der Waals surface area contributed by atoms with Crippen molar-refractivity contribution in [2.45, 2.75) is 31.0 Å². The van der Waals surface area contributed by atoms with Crippen molar-refractivity contribution in [3.05, 3.63) is 22.6 Å². The van der Waals surface area contributed by atoms with Crippen LogP contribution in [0.15, 0.2) is 22.2 Å². The average Bonchev–Trinajstić information content (AvgIpc) is 2.33. The molecule has 0 fully saturated rings. The van der Waals surface area contributed by atoms with Crippen LogP contribution in [0.5, 0.6) is 0 Å². The lowest BCUT2D eigenvalue weighted by Gasteiger charge is -2.16. The summed E-state index contributed by atoms with van der Waals surface area (Å²) >= 11 is 1.49. The quantitative estimate of drug-likeness (QED) is 0.470. The molecule has 0 saturated heterocycles. The second kappa shape index (κ2) is 8.27. The predicted molar refractivity (Wildman–Crippen MR) is 69.4 cm³/mol. The first-order valence-corrected chi connectivity index (χ1v) is 6.77. The van der Waals surface area contributed by atoms with Crippen molar-refractivity contribution < 1.29 is 5.11 Å². The van der Waals surface area contributed by atoms with Crippen molar-refractivity contribution in [3.63, 3.8) is 0 Å². The van der Waals surface area contributed by atoms with Crippen LogP contribution >= 0.6 is 11.8 Å². The minimum Gasteiger partial charge on any atom is -0.396 e. The lowest BCUT2D eigenvalue weighted by atomic mass is 10.2. The second-order valence-corrected chi connectivity index (χ2v) is 4.72. The first-order valence-electron chi connectivity index (χ1n) is 5.78. The number of aliphatic hydroxyl groups is 1. The summed E-state index contributed by atoms with van der Waals surface area (Å²) in [4.78, 5) is 17.8. The van der Waals surface area contributed by atoms with E-state index < -0.39 is 0 Å². The minimum atomic E-state index is -0.136. The van der Waals surface area contributed by atoms with E-state index in [-0.39, 0.29) is 18.2 Å². The van der Waals surface area contributed by atoms with Crippen molar-refractivity contribution >= 4 is 11.8 Å². The molecule has 0 aromatic carbocycles. The fraction of sp³-hybridized carbons (Fsp3) is 0.636. The van der Waals surface area contributed by atoms with E-state index in [4.69, 9.17) is 5.11 Å². The highest BCUT2D eigenvalue weighted by Gasteiger charge is 2.08. The number of nitrogens with zero attached hydrogens (tertiary/aromatic N) is 1. The zero-order valence-corrected chi connectivity index (χ0v) is 10.8. The van der Waals surface area contributed by atoms with Gasteiger partial charge in [-0.3, -0.25) is 4.79 Å². The Morgan fingerprint density at radius 2 is 2.47 bits per heavy atom. The second-order valence-electron chi connectivity index (χ2n) is 3.71. The summed E-state index contributed by atoms with van der Waals surface area (Å²) < 4.78 is 0. The smallest absolute Gasteiger partial charge is 0.251 e. The van der Waals surface area contributed by atoms with Gasteiger partial charge in [0.05, 0.1) is 0 Å². The van der Waals surface area contributed by atoms with Crippen molar-refractivity contribution in [1.29, 1.82) is 0 Å². The molecular formula is C11H19N3O2S. The van der Waals surface area contributed by atoms with Crippen molar-refractivity contribution in [1.82, 2.24) is 15.3 Å².